The Labute approximate surface area is 172 Å². The highest BCUT2D eigenvalue weighted by molar-refractivity contribution is 7.92. The Morgan fingerprint density at radius 2 is 1.53 bits per heavy atom. The Morgan fingerprint density at radius 3 is 2.27 bits per heavy atom. The normalized spacial score (nSPS) is 11.1. The fourth-order valence-corrected chi connectivity index (χ4v) is 3.75. The summed E-state index contributed by atoms with van der Waals surface area (Å²) in [6, 6.07) is 23.1. The Bertz CT molecular complexity index is 1270. The van der Waals surface area contributed by atoms with Crippen molar-refractivity contribution in [2.75, 3.05) is 10.0 Å². The molecule has 0 aliphatic heterocycles. The molecule has 4 aromatic rings. The Balaban J connectivity index is 1.49. The number of carbonyl (C=O) groups excluding carboxylic acids is 1. The lowest BCUT2D eigenvalue weighted by Crippen LogP contribution is -2.15. The molecule has 0 saturated carbocycles. The van der Waals surface area contributed by atoms with E-state index in [4.69, 9.17) is 4.42 Å². The maximum absolute atomic E-state index is 12.5. The maximum atomic E-state index is 12.5. The van der Waals surface area contributed by atoms with Gasteiger partial charge in [0.25, 0.3) is 15.9 Å². The van der Waals surface area contributed by atoms with Crippen LogP contribution in [-0.2, 0) is 10.0 Å². The molecule has 1 heterocycles. The molecule has 2 N–H and O–H groups in total. The van der Waals surface area contributed by atoms with Crippen molar-refractivity contribution in [3.63, 3.8) is 0 Å². The van der Waals surface area contributed by atoms with Gasteiger partial charge in [0.15, 0.2) is 0 Å². The minimum absolute atomic E-state index is 0.0610. The number of carbonyl (C=O) groups is 1. The van der Waals surface area contributed by atoms with Gasteiger partial charge < -0.3 is 4.42 Å². The summed E-state index contributed by atoms with van der Waals surface area (Å²) < 4.78 is 32.9. The quantitative estimate of drug-likeness (QED) is 0.490. The summed E-state index contributed by atoms with van der Waals surface area (Å²) in [4.78, 5) is 12.7. The fraction of sp³-hybridized carbons (Fsp3) is 0. The number of nitrogens with zero attached hydrogens (tertiary/aromatic N) is 2. The SMILES string of the molecule is O=C(Nc1nnc(-c2ccccc2)o1)c1cccc(NS(=O)(=O)c2ccccc2)c1. The van der Waals surface area contributed by atoms with Crippen molar-refractivity contribution in [1.82, 2.24) is 10.2 Å². The molecule has 0 aliphatic rings. The minimum Gasteiger partial charge on any atom is -0.403 e. The van der Waals surface area contributed by atoms with E-state index in [1.54, 1.807) is 48.5 Å². The lowest BCUT2D eigenvalue weighted by Gasteiger charge is -2.09. The Kier molecular flexibility index (Phi) is 5.27. The van der Waals surface area contributed by atoms with Crippen LogP contribution in [0.4, 0.5) is 11.7 Å². The van der Waals surface area contributed by atoms with Gasteiger partial charge in [-0.05, 0) is 42.5 Å². The van der Waals surface area contributed by atoms with Crippen molar-refractivity contribution < 1.29 is 17.6 Å². The van der Waals surface area contributed by atoms with Crippen LogP contribution in [0.5, 0.6) is 0 Å². The molecule has 30 heavy (non-hydrogen) atoms. The van der Waals surface area contributed by atoms with E-state index in [0.29, 0.717) is 0 Å². The molecular weight excluding hydrogens is 404 g/mol. The average Bonchev–Trinajstić information content (AvgIpc) is 3.23. The van der Waals surface area contributed by atoms with Gasteiger partial charge >= 0.3 is 6.01 Å². The summed E-state index contributed by atoms with van der Waals surface area (Å²) in [6.07, 6.45) is 0. The first-order valence-corrected chi connectivity index (χ1v) is 10.4. The van der Waals surface area contributed by atoms with Crippen molar-refractivity contribution >= 4 is 27.6 Å². The van der Waals surface area contributed by atoms with Crippen molar-refractivity contribution in [3.8, 4) is 11.5 Å². The smallest absolute Gasteiger partial charge is 0.322 e. The summed E-state index contributed by atoms with van der Waals surface area (Å²) in [5, 5.41) is 10.2. The van der Waals surface area contributed by atoms with Gasteiger partial charge in [-0.25, -0.2) is 8.42 Å². The van der Waals surface area contributed by atoms with Gasteiger partial charge in [-0.3, -0.25) is 14.8 Å². The summed E-state index contributed by atoms with van der Waals surface area (Å²) in [5.74, 6) is -0.241. The molecule has 0 aliphatic carbocycles. The monoisotopic (exact) mass is 420 g/mol. The second kappa shape index (κ2) is 8.18. The first kappa shape index (κ1) is 19.3. The topological polar surface area (TPSA) is 114 Å². The molecule has 0 spiro atoms. The van der Waals surface area contributed by atoms with E-state index >= 15 is 0 Å². The van der Waals surface area contributed by atoms with E-state index in [9.17, 15) is 13.2 Å². The first-order valence-electron chi connectivity index (χ1n) is 8.89. The first-order chi connectivity index (χ1) is 14.5. The highest BCUT2D eigenvalue weighted by Gasteiger charge is 2.16. The molecule has 8 nitrogen and oxygen atoms in total. The van der Waals surface area contributed by atoms with Crippen LogP contribution in [-0.4, -0.2) is 24.5 Å². The van der Waals surface area contributed by atoms with E-state index < -0.39 is 15.9 Å². The molecule has 0 atom stereocenters. The van der Waals surface area contributed by atoms with Crippen LogP contribution in [0.2, 0.25) is 0 Å². The number of hydrogen-bond donors (Lipinski definition) is 2. The predicted octanol–water partition coefficient (Wildman–Crippen LogP) is 3.79. The van der Waals surface area contributed by atoms with Crippen molar-refractivity contribution in [2.24, 2.45) is 0 Å². The molecule has 0 bridgehead atoms. The summed E-state index contributed by atoms with van der Waals surface area (Å²) in [7, 11) is -3.76. The maximum Gasteiger partial charge on any atom is 0.322 e. The number of anilines is 2. The number of hydrogen-bond acceptors (Lipinski definition) is 6. The third-order valence-corrected chi connectivity index (χ3v) is 5.49. The number of nitrogens with one attached hydrogen (secondary N) is 2. The Morgan fingerprint density at radius 1 is 0.833 bits per heavy atom. The van der Waals surface area contributed by atoms with Gasteiger partial charge in [-0.15, -0.1) is 5.10 Å². The molecule has 1 amide bonds. The van der Waals surface area contributed by atoms with Crippen LogP contribution in [0.3, 0.4) is 0 Å². The van der Waals surface area contributed by atoms with Crippen LogP contribution >= 0.6 is 0 Å². The van der Waals surface area contributed by atoms with Crippen LogP contribution in [0.25, 0.3) is 11.5 Å². The van der Waals surface area contributed by atoms with E-state index in [0.717, 1.165) is 5.56 Å². The standard InChI is InChI=1S/C21H16N4O4S/c26-19(22-21-24-23-20(29-21)15-8-3-1-4-9-15)16-10-7-11-17(14-16)25-30(27,28)18-12-5-2-6-13-18/h1-14,25H,(H,22,24,26). The van der Waals surface area contributed by atoms with Gasteiger partial charge in [-0.1, -0.05) is 47.6 Å². The highest BCUT2D eigenvalue weighted by atomic mass is 32.2. The molecule has 0 radical (unpaired) electrons. The van der Waals surface area contributed by atoms with Crippen LogP contribution < -0.4 is 10.0 Å². The third-order valence-electron chi connectivity index (χ3n) is 4.10. The zero-order valence-electron chi connectivity index (χ0n) is 15.5. The largest absolute Gasteiger partial charge is 0.403 e. The summed E-state index contributed by atoms with van der Waals surface area (Å²) in [6.45, 7) is 0. The number of amides is 1. The minimum atomic E-state index is -3.76. The molecule has 1 aromatic heterocycles. The lowest BCUT2D eigenvalue weighted by molar-refractivity contribution is 0.102. The van der Waals surface area contributed by atoms with Gasteiger partial charge in [0.1, 0.15) is 0 Å². The molecule has 0 saturated heterocycles. The molecular formula is C21H16N4O4S. The van der Waals surface area contributed by atoms with Crippen LogP contribution in [0.1, 0.15) is 10.4 Å². The van der Waals surface area contributed by atoms with Gasteiger partial charge in [-0.2, -0.15) is 0 Å². The lowest BCUT2D eigenvalue weighted by atomic mass is 10.2. The average molecular weight is 420 g/mol. The molecule has 3 aromatic carbocycles. The Hall–Kier alpha value is -3.98. The van der Waals surface area contributed by atoms with E-state index in [1.807, 2.05) is 18.2 Å². The molecule has 9 heteroatoms. The zero-order valence-corrected chi connectivity index (χ0v) is 16.3. The zero-order chi connectivity index (χ0) is 21.0. The molecule has 4 rings (SSSR count). The van der Waals surface area contributed by atoms with Gasteiger partial charge in [0, 0.05) is 16.8 Å². The van der Waals surface area contributed by atoms with Crippen molar-refractivity contribution in [1.29, 1.82) is 0 Å². The van der Waals surface area contributed by atoms with E-state index in [2.05, 4.69) is 20.2 Å². The second-order valence-electron chi connectivity index (χ2n) is 6.23. The molecule has 0 fully saturated rings. The number of aromatic nitrogens is 2. The second-order valence-corrected chi connectivity index (χ2v) is 7.91. The van der Waals surface area contributed by atoms with E-state index in [-0.39, 0.29) is 28.1 Å². The summed E-state index contributed by atoms with van der Waals surface area (Å²) >= 11 is 0. The predicted molar refractivity (Wildman–Crippen MR) is 111 cm³/mol. The van der Waals surface area contributed by atoms with E-state index in [1.165, 1.54) is 18.2 Å². The molecule has 0 unspecified atom stereocenters. The fourth-order valence-electron chi connectivity index (χ4n) is 2.68. The number of benzene rings is 3. The van der Waals surface area contributed by atoms with Gasteiger partial charge in [0.05, 0.1) is 4.90 Å². The number of rotatable bonds is 6. The molecule has 150 valence electrons. The van der Waals surface area contributed by atoms with Crippen LogP contribution in [0.15, 0.2) is 94.2 Å². The van der Waals surface area contributed by atoms with Crippen molar-refractivity contribution in [3.05, 3.63) is 90.5 Å². The van der Waals surface area contributed by atoms with Gasteiger partial charge in [0.2, 0.25) is 5.89 Å². The van der Waals surface area contributed by atoms with Crippen LogP contribution in [0, 0.1) is 0 Å². The summed E-state index contributed by atoms with van der Waals surface area (Å²) in [5.41, 5.74) is 1.20. The number of sulfonamides is 1. The highest BCUT2D eigenvalue weighted by Crippen LogP contribution is 2.21. The third kappa shape index (κ3) is 4.36. The van der Waals surface area contributed by atoms with Crippen molar-refractivity contribution in [2.45, 2.75) is 4.90 Å².